The minimum atomic E-state index is -0.0300. The lowest BCUT2D eigenvalue weighted by atomic mass is 10.0. The van der Waals surface area contributed by atoms with Crippen LogP contribution >= 0.6 is 27.5 Å². The minimum Gasteiger partial charge on any atom is -0.307 e. The van der Waals surface area contributed by atoms with Crippen molar-refractivity contribution in [2.45, 2.75) is 12.8 Å². The van der Waals surface area contributed by atoms with E-state index in [-0.39, 0.29) is 5.91 Å². The van der Waals surface area contributed by atoms with Crippen LogP contribution in [-0.2, 0) is 6.42 Å². The molecule has 0 saturated carbocycles. The maximum Gasteiger partial charge on any atom is 0.258 e. The predicted octanol–water partition coefficient (Wildman–Crippen LogP) is 4.09. The molecule has 20 heavy (non-hydrogen) atoms. The SMILES string of the molecule is O=C(c1cccc(Cl)c1)N1CCCc2cc(Br)ncc21. The van der Waals surface area contributed by atoms with Crippen LogP contribution in [0.4, 0.5) is 5.69 Å². The Labute approximate surface area is 130 Å². The van der Waals surface area contributed by atoms with Crippen molar-refractivity contribution in [3.63, 3.8) is 0 Å². The Kier molecular flexibility index (Phi) is 3.76. The van der Waals surface area contributed by atoms with Crippen LogP contribution in [0.5, 0.6) is 0 Å². The van der Waals surface area contributed by atoms with Gasteiger partial charge in [0.15, 0.2) is 0 Å². The molecule has 0 N–H and O–H groups in total. The summed E-state index contributed by atoms with van der Waals surface area (Å²) in [4.78, 5) is 18.6. The highest BCUT2D eigenvalue weighted by Gasteiger charge is 2.24. The molecule has 1 aliphatic heterocycles. The number of aryl methyl sites for hydroxylation is 1. The molecule has 0 unspecified atom stereocenters. The highest BCUT2D eigenvalue weighted by Crippen LogP contribution is 2.29. The first-order valence-corrected chi connectivity index (χ1v) is 7.54. The van der Waals surface area contributed by atoms with E-state index in [1.165, 1.54) is 0 Å². The van der Waals surface area contributed by atoms with Crippen molar-refractivity contribution in [3.8, 4) is 0 Å². The maximum atomic E-state index is 12.6. The van der Waals surface area contributed by atoms with Crippen LogP contribution in [-0.4, -0.2) is 17.4 Å². The first-order chi connectivity index (χ1) is 9.65. The van der Waals surface area contributed by atoms with E-state index in [1.807, 2.05) is 6.07 Å². The maximum absolute atomic E-state index is 12.6. The van der Waals surface area contributed by atoms with Gasteiger partial charge in [-0.25, -0.2) is 4.98 Å². The van der Waals surface area contributed by atoms with E-state index in [0.717, 1.165) is 28.7 Å². The van der Waals surface area contributed by atoms with Crippen molar-refractivity contribution in [3.05, 3.63) is 57.3 Å². The van der Waals surface area contributed by atoms with Gasteiger partial charge in [-0.3, -0.25) is 4.79 Å². The fraction of sp³-hybridized carbons (Fsp3) is 0.200. The van der Waals surface area contributed by atoms with E-state index in [0.29, 0.717) is 17.1 Å². The smallest absolute Gasteiger partial charge is 0.258 e. The summed E-state index contributed by atoms with van der Waals surface area (Å²) in [6.07, 6.45) is 3.67. The molecule has 0 spiro atoms. The summed E-state index contributed by atoms with van der Waals surface area (Å²) in [5, 5.41) is 0.571. The highest BCUT2D eigenvalue weighted by atomic mass is 79.9. The van der Waals surface area contributed by atoms with Gasteiger partial charge in [0.05, 0.1) is 11.9 Å². The zero-order valence-electron chi connectivity index (χ0n) is 10.6. The van der Waals surface area contributed by atoms with Gasteiger partial charge < -0.3 is 4.90 Å². The molecular weight excluding hydrogens is 340 g/mol. The van der Waals surface area contributed by atoms with Crippen LogP contribution in [0.3, 0.4) is 0 Å². The van der Waals surface area contributed by atoms with E-state index in [4.69, 9.17) is 11.6 Å². The zero-order valence-corrected chi connectivity index (χ0v) is 13.0. The van der Waals surface area contributed by atoms with E-state index in [2.05, 4.69) is 20.9 Å². The van der Waals surface area contributed by atoms with Gasteiger partial charge in [-0.15, -0.1) is 0 Å². The Morgan fingerprint density at radius 2 is 2.20 bits per heavy atom. The number of carbonyl (C=O) groups excluding carboxylic acids is 1. The standard InChI is InChI=1S/C15H12BrClN2O/c16-14-8-10-4-2-6-19(13(10)9-18-14)15(20)11-3-1-5-12(17)7-11/h1,3,5,7-9H,2,4,6H2. The van der Waals surface area contributed by atoms with Crippen LogP contribution in [0.25, 0.3) is 0 Å². The van der Waals surface area contributed by atoms with Crippen molar-refractivity contribution >= 4 is 39.1 Å². The highest BCUT2D eigenvalue weighted by molar-refractivity contribution is 9.10. The zero-order chi connectivity index (χ0) is 14.1. The molecule has 1 aliphatic rings. The molecule has 1 aromatic heterocycles. The number of amides is 1. The number of carbonyl (C=O) groups is 1. The predicted molar refractivity (Wildman–Crippen MR) is 83.4 cm³/mol. The van der Waals surface area contributed by atoms with Gasteiger partial charge in [-0.2, -0.15) is 0 Å². The van der Waals surface area contributed by atoms with Crippen LogP contribution in [0, 0.1) is 0 Å². The molecule has 0 radical (unpaired) electrons. The summed E-state index contributed by atoms with van der Waals surface area (Å²) in [7, 11) is 0. The van der Waals surface area contributed by atoms with E-state index >= 15 is 0 Å². The molecule has 1 amide bonds. The number of hydrogen-bond donors (Lipinski definition) is 0. The van der Waals surface area contributed by atoms with Crippen molar-refractivity contribution < 1.29 is 4.79 Å². The largest absolute Gasteiger partial charge is 0.307 e. The van der Waals surface area contributed by atoms with Crippen LogP contribution in [0.2, 0.25) is 5.02 Å². The van der Waals surface area contributed by atoms with Gasteiger partial charge >= 0.3 is 0 Å². The lowest BCUT2D eigenvalue weighted by molar-refractivity contribution is 0.0985. The normalized spacial score (nSPS) is 14.0. The van der Waals surface area contributed by atoms with Gasteiger partial charge in [-0.1, -0.05) is 17.7 Å². The molecule has 5 heteroatoms. The average molecular weight is 352 g/mol. The Bertz CT molecular complexity index is 675. The summed E-state index contributed by atoms with van der Waals surface area (Å²) in [6, 6.07) is 9.02. The molecule has 0 saturated heterocycles. The Morgan fingerprint density at radius 3 is 3.00 bits per heavy atom. The number of hydrogen-bond acceptors (Lipinski definition) is 2. The fourth-order valence-corrected chi connectivity index (χ4v) is 3.01. The summed E-state index contributed by atoms with van der Waals surface area (Å²) >= 11 is 9.33. The first kappa shape index (κ1) is 13.6. The Balaban J connectivity index is 1.98. The molecule has 102 valence electrons. The second-order valence-corrected chi connectivity index (χ2v) is 5.96. The van der Waals surface area contributed by atoms with Crippen molar-refractivity contribution in [2.24, 2.45) is 0 Å². The monoisotopic (exact) mass is 350 g/mol. The van der Waals surface area contributed by atoms with Crippen molar-refractivity contribution in [1.29, 1.82) is 0 Å². The summed E-state index contributed by atoms with van der Waals surface area (Å²) in [5.74, 6) is -0.0300. The quantitative estimate of drug-likeness (QED) is 0.725. The molecule has 1 aromatic carbocycles. The second kappa shape index (κ2) is 5.54. The first-order valence-electron chi connectivity index (χ1n) is 6.37. The van der Waals surface area contributed by atoms with Crippen molar-refractivity contribution in [1.82, 2.24) is 4.98 Å². The fourth-order valence-electron chi connectivity index (χ4n) is 2.44. The van der Waals surface area contributed by atoms with Gasteiger partial charge in [0.2, 0.25) is 0 Å². The molecule has 0 aliphatic carbocycles. The number of benzene rings is 1. The second-order valence-electron chi connectivity index (χ2n) is 4.71. The third-order valence-corrected chi connectivity index (χ3v) is 4.04. The molecule has 3 nitrogen and oxygen atoms in total. The van der Waals surface area contributed by atoms with Gasteiger partial charge in [0.25, 0.3) is 5.91 Å². The van der Waals surface area contributed by atoms with Crippen LogP contribution in [0.15, 0.2) is 41.1 Å². The van der Waals surface area contributed by atoms with Crippen LogP contribution in [0.1, 0.15) is 22.3 Å². The Morgan fingerprint density at radius 1 is 1.35 bits per heavy atom. The van der Waals surface area contributed by atoms with E-state index < -0.39 is 0 Å². The van der Waals surface area contributed by atoms with E-state index in [1.54, 1.807) is 35.4 Å². The third-order valence-electron chi connectivity index (χ3n) is 3.37. The van der Waals surface area contributed by atoms with Gasteiger partial charge in [-0.05, 0) is 58.6 Å². The minimum absolute atomic E-state index is 0.0300. The number of anilines is 1. The number of aromatic nitrogens is 1. The summed E-state index contributed by atoms with van der Waals surface area (Å²) < 4.78 is 0.799. The molecule has 0 bridgehead atoms. The molecule has 3 rings (SSSR count). The topological polar surface area (TPSA) is 33.2 Å². The van der Waals surface area contributed by atoms with Crippen LogP contribution < -0.4 is 4.90 Å². The molecule has 0 fully saturated rings. The van der Waals surface area contributed by atoms with Gasteiger partial charge in [0.1, 0.15) is 4.60 Å². The van der Waals surface area contributed by atoms with Crippen molar-refractivity contribution in [2.75, 3.05) is 11.4 Å². The molecular formula is C15H12BrClN2O. The number of fused-ring (bicyclic) bond motifs is 1. The summed E-state index contributed by atoms with van der Waals surface area (Å²) in [5.41, 5.74) is 2.64. The van der Waals surface area contributed by atoms with E-state index in [9.17, 15) is 4.79 Å². The number of rotatable bonds is 1. The average Bonchev–Trinajstić information content (AvgIpc) is 2.45. The lowest BCUT2D eigenvalue weighted by Gasteiger charge is -2.29. The Hall–Kier alpha value is -1.39. The lowest BCUT2D eigenvalue weighted by Crippen LogP contribution is -2.35. The number of pyridine rings is 1. The molecule has 0 atom stereocenters. The molecule has 2 heterocycles. The number of nitrogens with zero attached hydrogens (tertiary/aromatic N) is 2. The third kappa shape index (κ3) is 2.58. The summed E-state index contributed by atoms with van der Waals surface area (Å²) in [6.45, 7) is 0.710. The number of halogens is 2. The van der Waals surface area contributed by atoms with Gasteiger partial charge in [0, 0.05) is 17.1 Å². The molecule has 2 aromatic rings.